The maximum atomic E-state index is 6.14. The number of hydrogen-bond acceptors (Lipinski definition) is 3. The molecule has 0 fully saturated rings. The molecular formula is C13H21ClN2S. The molecule has 0 bridgehead atoms. The van der Waals surface area contributed by atoms with E-state index in [9.17, 15) is 0 Å². The van der Waals surface area contributed by atoms with Crippen LogP contribution in [0, 0.1) is 0 Å². The van der Waals surface area contributed by atoms with E-state index in [0.717, 1.165) is 25.1 Å². The normalized spacial score (nSPS) is 11.5. The van der Waals surface area contributed by atoms with Crippen molar-refractivity contribution in [2.24, 2.45) is 0 Å². The van der Waals surface area contributed by atoms with Crippen molar-refractivity contribution in [2.45, 2.75) is 31.4 Å². The zero-order valence-electron chi connectivity index (χ0n) is 10.7. The molecule has 1 rings (SSSR count). The summed E-state index contributed by atoms with van der Waals surface area (Å²) in [5.41, 5.74) is 7.33. The van der Waals surface area contributed by atoms with E-state index in [0.29, 0.717) is 10.7 Å². The maximum Gasteiger partial charge on any atom is 0.0657 e. The molecule has 0 aromatic heterocycles. The van der Waals surface area contributed by atoms with Gasteiger partial charge in [0.15, 0.2) is 0 Å². The second-order valence-corrected chi connectivity index (χ2v) is 5.87. The van der Waals surface area contributed by atoms with Gasteiger partial charge in [-0.05, 0) is 37.3 Å². The van der Waals surface area contributed by atoms with E-state index in [4.69, 9.17) is 17.3 Å². The minimum absolute atomic E-state index is 0.282. The first-order chi connectivity index (χ1) is 8.06. The molecule has 0 radical (unpaired) electrons. The number of benzene rings is 1. The lowest BCUT2D eigenvalue weighted by molar-refractivity contribution is 0.575. The Kier molecular flexibility index (Phi) is 5.47. The van der Waals surface area contributed by atoms with E-state index in [2.05, 4.69) is 25.4 Å². The Bertz CT molecular complexity index is 356. The van der Waals surface area contributed by atoms with Crippen molar-refractivity contribution in [1.82, 2.24) is 0 Å². The van der Waals surface area contributed by atoms with Gasteiger partial charge in [-0.2, -0.15) is 11.8 Å². The van der Waals surface area contributed by atoms with Gasteiger partial charge < -0.3 is 11.1 Å². The molecule has 2 nitrogen and oxygen atoms in total. The van der Waals surface area contributed by atoms with Crippen molar-refractivity contribution < 1.29 is 0 Å². The molecule has 0 saturated heterocycles. The van der Waals surface area contributed by atoms with Gasteiger partial charge in [-0.1, -0.05) is 25.4 Å². The van der Waals surface area contributed by atoms with Crippen molar-refractivity contribution in [3.63, 3.8) is 0 Å². The summed E-state index contributed by atoms with van der Waals surface area (Å²) in [6, 6.07) is 5.59. The number of nitrogens with two attached hydrogens (primary N) is 1. The summed E-state index contributed by atoms with van der Waals surface area (Å²) >= 11 is 8.05. The molecule has 0 spiro atoms. The predicted octanol–water partition coefficient (Wildman–Crippen LogP) is 4.26. The Morgan fingerprint density at radius 3 is 2.47 bits per heavy atom. The molecule has 96 valence electrons. The van der Waals surface area contributed by atoms with Gasteiger partial charge in [-0.15, -0.1) is 0 Å². The minimum atomic E-state index is 0.282. The molecule has 0 aliphatic heterocycles. The molecule has 0 heterocycles. The van der Waals surface area contributed by atoms with E-state index in [1.165, 1.54) is 0 Å². The summed E-state index contributed by atoms with van der Waals surface area (Å²) < 4.78 is 0.282. The number of nitrogen functional groups attached to an aromatic ring is 1. The summed E-state index contributed by atoms with van der Waals surface area (Å²) in [6.45, 7) is 5.38. The van der Waals surface area contributed by atoms with E-state index >= 15 is 0 Å². The van der Waals surface area contributed by atoms with Crippen molar-refractivity contribution in [3.05, 3.63) is 23.2 Å². The standard InChI is InChI=1S/C13H21ClN2S/c1-4-13(5-2,17-3)9-16-12-7-6-10(15)8-11(12)14/h6-8,16H,4-5,9,15H2,1-3H3. The summed E-state index contributed by atoms with van der Waals surface area (Å²) in [6.07, 6.45) is 4.45. The highest BCUT2D eigenvalue weighted by atomic mass is 35.5. The quantitative estimate of drug-likeness (QED) is 0.760. The van der Waals surface area contributed by atoms with Gasteiger partial charge in [0.25, 0.3) is 0 Å². The van der Waals surface area contributed by atoms with Gasteiger partial charge in [-0.3, -0.25) is 0 Å². The molecule has 0 amide bonds. The molecule has 0 saturated carbocycles. The van der Waals surface area contributed by atoms with Crippen LogP contribution in [0.25, 0.3) is 0 Å². The van der Waals surface area contributed by atoms with Crippen molar-refractivity contribution in [2.75, 3.05) is 23.9 Å². The Morgan fingerprint density at radius 1 is 1.35 bits per heavy atom. The predicted molar refractivity (Wildman–Crippen MR) is 81.2 cm³/mol. The number of nitrogens with one attached hydrogen (secondary N) is 1. The van der Waals surface area contributed by atoms with E-state index in [1.54, 1.807) is 6.07 Å². The highest BCUT2D eigenvalue weighted by Gasteiger charge is 2.24. The van der Waals surface area contributed by atoms with E-state index in [-0.39, 0.29) is 4.75 Å². The molecular weight excluding hydrogens is 252 g/mol. The van der Waals surface area contributed by atoms with Gasteiger partial charge in [0.2, 0.25) is 0 Å². The lowest BCUT2D eigenvalue weighted by Crippen LogP contribution is -2.32. The fourth-order valence-corrected chi connectivity index (χ4v) is 2.84. The number of hydrogen-bond donors (Lipinski definition) is 2. The summed E-state index contributed by atoms with van der Waals surface area (Å²) in [5, 5.41) is 4.11. The molecule has 0 aliphatic rings. The van der Waals surface area contributed by atoms with Crippen molar-refractivity contribution in [1.29, 1.82) is 0 Å². The first kappa shape index (κ1) is 14.5. The average Bonchev–Trinajstić information content (AvgIpc) is 2.33. The Balaban J connectivity index is 2.72. The second-order valence-electron chi connectivity index (χ2n) is 4.19. The fourth-order valence-electron chi connectivity index (χ4n) is 1.79. The van der Waals surface area contributed by atoms with Crippen LogP contribution < -0.4 is 11.1 Å². The van der Waals surface area contributed by atoms with Gasteiger partial charge in [0.1, 0.15) is 0 Å². The summed E-state index contributed by atoms with van der Waals surface area (Å²) in [4.78, 5) is 0. The molecule has 4 heteroatoms. The molecule has 3 N–H and O–H groups in total. The van der Waals surface area contributed by atoms with Crippen LogP contribution in [-0.2, 0) is 0 Å². The van der Waals surface area contributed by atoms with Crippen molar-refractivity contribution in [3.8, 4) is 0 Å². The maximum absolute atomic E-state index is 6.14. The third-order valence-electron chi connectivity index (χ3n) is 3.32. The SMILES string of the molecule is CCC(CC)(CNc1ccc(N)cc1Cl)SC. The van der Waals surface area contributed by atoms with E-state index in [1.807, 2.05) is 23.9 Å². The topological polar surface area (TPSA) is 38.0 Å². The first-order valence-electron chi connectivity index (χ1n) is 5.91. The molecule has 1 aromatic carbocycles. The molecule has 0 atom stereocenters. The number of thioether (sulfide) groups is 1. The van der Waals surface area contributed by atoms with Gasteiger partial charge >= 0.3 is 0 Å². The highest BCUT2D eigenvalue weighted by molar-refractivity contribution is 8.00. The molecule has 17 heavy (non-hydrogen) atoms. The molecule has 0 unspecified atom stereocenters. The van der Waals surface area contributed by atoms with Gasteiger partial charge in [0.05, 0.1) is 10.7 Å². The van der Waals surface area contributed by atoms with E-state index < -0.39 is 0 Å². The highest BCUT2D eigenvalue weighted by Crippen LogP contribution is 2.32. The zero-order valence-corrected chi connectivity index (χ0v) is 12.3. The minimum Gasteiger partial charge on any atom is -0.399 e. The zero-order chi connectivity index (χ0) is 12.9. The third kappa shape index (κ3) is 3.71. The fraction of sp³-hybridized carbons (Fsp3) is 0.538. The van der Waals surface area contributed by atoms with Gasteiger partial charge in [0, 0.05) is 17.0 Å². The largest absolute Gasteiger partial charge is 0.399 e. The lowest BCUT2D eigenvalue weighted by Gasteiger charge is -2.30. The van der Waals surface area contributed by atoms with Crippen LogP contribution in [0.15, 0.2) is 18.2 Å². The van der Waals surface area contributed by atoms with Crippen LogP contribution in [0.4, 0.5) is 11.4 Å². The smallest absolute Gasteiger partial charge is 0.0657 e. The second kappa shape index (κ2) is 6.41. The Morgan fingerprint density at radius 2 is 2.00 bits per heavy atom. The average molecular weight is 273 g/mol. The van der Waals surface area contributed by atoms with Gasteiger partial charge in [-0.25, -0.2) is 0 Å². The lowest BCUT2D eigenvalue weighted by atomic mass is 10.0. The Hall–Kier alpha value is -0.540. The molecule has 1 aromatic rings. The first-order valence-corrected chi connectivity index (χ1v) is 7.51. The number of halogens is 1. The third-order valence-corrected chi connectivity index (χ3v) is 5.22. The van der Waals surface area contributed by atoms with Crippen LogP contribution >= 0.6 is 23.4 Å². The molecule has 0 aliphatic carbocycles. The van der Waals surface area contributed by atoms with Crippen LogP contribution in [0.1, 0.15) is 26.7 Å². The van der Waals surface area contributed by atoms with Crippen LogP contribution in [0.2, 0.25) is 5.02 Å². The Labute approximate surface area is 113 Å². The van der Waals surface area contributed by atoms with Crippen LogP contribution in [-0.4, -0.2) is 17.5 Å². The number of anilines is 2. The number of rotatable bonds is 6. The summed E-state index contributed by atoms with van der Waals surface area (Å²) in [7, 11) is 0. The van der Waals surface area contributed by atoms with Crippen LogP contribution in [0.5, 0.6) is 0 Å². The van der Waals surface area contributed by atoms with Crippen LogP contribution in [0.3, 0.4) is 0 Å². The monoisotopic (exact) mass is 272 g/mol. The van der Waals surface area contributed by atoms with Crippen molar-refractivity contribution >= 4 is 34.7 Å². The summed E-state index contributed by atoms with van der Waals surface area (Å²) in [5.74, 6) is 0.